The van der Waals surface area contributed by atoms with Crippen molar-refractivity contribution in [3.63, 3.8) is 0 Å². The molecule has 0 unspecified atom stereocenters. The number of carbonyl (C=O) groups is 1. The second kappa shape index (κ2) is 6.16. The summed E-state index contributed by atoms with van der Waals surface area (Å²) in [5.74, 6) is -0.295. The Morgan fingerprint density at radius 1 is 1.30 bits per heavy atom. The van der Waals surface area contributed by atoms with Crippen molar-refractivity contribution in [2.75, 3.05) is 23.5 Å². The van der Waals surface area contributed by atoms with Gasteiger partial charge < -0.3 is 4.90 Å². The first-order chi connectivity index (χ1) is 10.9. The van der Waals surface area contributed by atoms with Crippen LogP contribution in [0, 0.1) is 0 Å². The van der Waals surface area contributed by atoms with E-state index in [1.165, 1.54) is 0 Å². The van der Waals surface area contributed by atoms with Gasteiger partial charge in [0.1, 0.15) is 9.84 Å². The van der Waals surface area contributed by atoms with Gasteiger partial charge in [0.15, 0.2) is 0 Å². The van der Waals surface area contributed by atoms with Crippen molar-refractivity contribution >= 4 is 21.4 Å². The first kappa shape index (κ1) is 15.7. The van der Waals surface area contributed by atoms with Crippen LogP contribution in [0.15, 0.2) is 42.7 Å². The Balaban J connectivity index is 1.87. The van der Waals surface area contributed by atoms with Crippen LogP contribution >= 0.6 is 0 Å². The van der Waals surface area contributed by atoms with Gasteiger partial charge in [0.25, 0.3) is 0 Å². The highest BCUT2D eigenvalue weighted by Crippen LogP contribution is 2.32. The fraction of sp³-hybridized carbons (Fsp3) is 0.375. The molecule has 3 rings (SSSR count). The van der Waals surface area contributed by atoms with Gasteiger partial charge in [-0.3, -0.25) is 9.48 Å². The molecule has 0 saturated carbocycles. The number of benzene rings is 1. The molecule has 0 N–H and O–H groups in total. The Hall–Kier alpha value is -2.15. The molecule has 1 atom stereocenters. The molecular weight excluding hydrogens is 314 g/mol. The minimum atomic E-state index is -3.16. The Morgan fingerprint density at radius 2 is 2.09 bits per heavy atom. The number of aromatic nitrogens is 2. The summed E-state index contributed by atoms with van der Waals surface area (Å²) in [6, 6.07) is 9.67. The molecule has 0 radical (unpaired) electrons. The molecule has 0 fully saturated rings. The predicted octanol–water partition coefficient (Wildman–Crippen LogP) is 1.45. The van der Waals surface area contributed by atoms with E-state index in [-0.39, 0.29) is 24.1 Å². The highest BCUT2D eigenvalue weighted by Gasteiger charge is 2.29. The van der Waals surface area contributed by atoms with Crippen molar-refractivity contribution in [1.29, 1.82) is 0 Å². The lowest BCUT2D eigenvalue weighted by atomic mass is 9.97. The zero-order chi connectivity index (χ0) is 16.4. The first-order valence-corrected chi connectivity index (χ1v) is 9.55. The number of sulfone groups is 1. The Kier molecular flexibility index (Phi) is 4.21. The third-order valence-corrected chi connectivity index (χ3v) is 4.96. The molecule has 2 heterocycles. The Labute approximate surface area is 135 Å². The van der Waals surface area contributed by atoms with E-state index in [0.29, 0.717) is 6.54 Å². The van der Waals surface area contributed by atoms with E-state index in [0.717, 1.165) is 23.9 Å². The monoisotopic (exact) mass is 333 g/mol. The fourth-order valence-electron chi connectivity index (χ4n) is 2.89. The second-order valence-electron chi connectivity index (χ2n) is 5.86. The molecule has 1 aliphatic heterocycles. The summed E-state index contributed by atoms with van der Waals surface area (Å²) in [5, 5.41) is 4.27. The number of para-hydroxylation sites is 1. The number of nitrogens with zero attached hydrogens (tertiary/aromatic N) is 3. The Morgan fingerprint density at radius 3 is 2.78 bits per heavy atom. The third kappa shape index (κ3) is 3.61. The summed E-state index contributed by atoms with van der Waals surface area (Å²) < 4.78 is 24.5. The van der Waals surface area contributed by atoms with Gasteiger partial charge >= 0.3 is 0 Å². The molecule has 6 nitrogen and oxygen atoms in total. The van der Waals surface area contributed by atoms with Crippen LogP contribution in [-0.4, -0.2) is 42.7 Å². The van der Waals surface area contributed by atoms with Crippen LogP contribution in [0.4, 0.5) is 5.69 Å². The number of amides is 1. The molecule has 0 bridgehead atoms. The van der Waals surface area contributed by atoms with Gasteiger partial charge in [-0.25, -0.2) is 8.42 Å². The van der Waals surface area contributed by atoms with Gasteiger partial charge in [-0.1, -0.05) is 18.2 Å². The average molecular weight is 333 g/mol. The molecule has 1 aromatic heterocycles. The van der Waals surface area contributed by atoms with Gasteiger partial charge in [-0.15, -0.1) is 0 Å². The maximum absolute atomic E-state index is 12.6. The van der Waals surface area contributed by atoms with E-state index < -0.39 is 9.84 Å². The summed E-state index contributed by atoms with van der Waals surface area (Å²) in [4.78, 5) is 14.2. The van der Waals surface area contributed by atoms with Gasteiger partial charge in [0, 0.05) is 37.3 Å². The van der Waals surface area contributed by atoms with Gasteiger partial charge in [-0.05, 0) is 24.1 Å². The lowest BCUT2D eigenvalue weighted by molar-refractivity contribution is -0.118. The normalized spacial score (nSPS) is 17.8. The number of carbonyl (C=O) groups excluding carboxylic acids is 1. The lowest BCUT2D eigenvalue weighted by Crippen LogP contribution is -2.41. The van der Waals surface area contributed by atoms with Crippen LogP contribution in [0.5, 0.6) is 0 Å². The van der Waals surface area contributed by atoms with Gasteiger partial charge in [0.05, 0.1) is 11.8 Å². The zero-order valence-electron chi connectivity index (χ0n) is 12.9. The molecule has 7 heteroatoms. The van der Waals surface area contributed by atoms with Gasteiger partial charge in [0.2, 0.25) is 5.91 Å². The quantitative estimate of drug-likeness (QED) is 0.849. The SMILES string of the molecule is CS(=O)(=O)CCC(=O)N1C[C@H](n2cccn2)Cc2ccccc21. The number of hydrogen-bond donors (Lipinski definition) is 0. The van der Waals surface area contributed by atoms with Crippen molar-refractivity contribution in [3.05, 3.63) is 48.3 Å². The summed E-state index contributed by atoms with van der Waals surface area (Å²) in [6.45, 7) is 0.501. The van der Waals surface area contributed by atoms with E-state index in [2.05, 4.69) is 5.10 Å². The summed E-state index contributed by atoms with van der Waals surface area (Å²) in [7, 11) is -3.16. The minimum absolute atomic E-state index is 0.000997. The molecule has 0 aliphatic carbocycles. The van der Waals surface area contributed by atoms with Crippen LogP contribution in [0.25, 0.3) is 0 Å². The number of fused-ring (bicyclic) bond motifs is 1. The molecule has 1 amide bonds. The molecule has 23 heavy (non-hydrogen) atoms. The maximum atomic E-state index is 12.6. The Bertz CT molecular complexity index is 800. The lowest BCUT2D eigenvalue weighted by Gasteiger charge is -2.34. The topological polar surface area (TPSA) is 72.3 Å². The van der Waals surface area contributed by atoms with E-state index >= 15 is 0 Å². The second-order valence-corrected chi connectivity index (χ2v) is 8.12. The summed E-state index contributed by atoms with van der Waals surface area (Å²) >= 11 is 0. The van der Waals surface area contributed by atoms with Crippen LogP contribution in [0.1, 0.15) is 18.0 Å². The molecular formula is C16H19N3O3S. The van der Waals surface area contributed by atoms with Crippen molar-refractivity contribution in [2.24, 2.45) is 0 Å². The number of hydrogen-bond acceptors (Lipinski definition) is 4. The van der Waals surface area contributed by atoms with Crippen LogP contribution in [-0.2, 0) is 21.1 Å². The van der Waals surface area contributed by atoms with Crippen molar-refractivity contribution < 1.29 is 13.2 Å². The van der Waals surface area contributed by atoms with E-state index in [1.807, 2.05) is 41.2 Å². The molecule has 1 aliphatic rings. The highest BCUT2D eigenvalue weighted by atomic mass is 32.2. The van der Waals surface area contributed by atoms with Crippen LogP contribution in [0.2, 0.25) is 0 Å². The first-order valence-electron chi connectivity index (χ1n) is 7.49. The average Bonchev–Trinajstić information content (AvgIpc) is 3.05. The fourth-order valence-corrected chi connectivity index (χ4v) is 3.44. The minimum Gasteiger partial charge on any atom is -0.310 e. The summed E-state index contributed by atoms with van der Waals surface area (Å²) in [6.07, 6.45) is 5.55. The van der Waals surface area contributed by atoms with Gasteiger partial charge in [-0.2, -0.15) is 5.10 Å². The van der Waals surface area contributed by atoms with E-state index in [1.54, 1.807) is 11.1 Å². The number of rotatable bonds is 4. The van der Waals surface area contributed by atoms with Crippen molar-refractivity contribution in [1.82, 2.24) is 9.78 Å². The standard InChI is InChI=1S/C16H19N3O3S/c1-23(21,22)10-7-16(20)18-12-14(19-9-4-8-17-19)11-13-5-2-3-6-15(13)18/h2-6,8-9,14H,7,10-12H2,1H3/t14-/m1/s1. The molecule has 0 spiro atoms. The van der Waals surface area contributed by atoms with Crippen LogP contribution < -0.4 is 4.90 Å². The third-order valence-electron chi connectivity index (χ3n) is 4.02. The predicted molar refractivity (Wildman–Crippen MR) is 88.1 cm³/mol. The van der Waals surface area contributed by atoms with Crippen molar-refractivity contribution in [3.8, 4) is 0 Å². The zero-order valence-corrected chi connectivity index (χ0v) is 13.7. The van der Waals surface area contributed by atoms with Crippen molar-refractivity contribution in [2.45, 2.75) is 18.9 Å². The highest BCUT2D eigenvalue weighted by molar-refractivity contribution is 7.90. The maximum Gasteiger partial charge on any atom is 0.228 e. The van der Waals surface area contributed by atoms with E-state index in [9.17, 15) is 13.2 Å². The molecule has 122 valence electrons. The molecule has 1 aromatic carbocycles. The van der Waals surface area contributed by atoms with Crippen LogP contribution in [0.3, 0.4) is 0 Å². The summed E-state index contributed by atoms with van der Waals surface area (Å²) in [5.41, 5.74) is 1.95. The smallest absolute Gasteiger partial charge is 0.228 e. The largest absolute Gasteiger partial charge is 0.310 e. The van der Waals surface area contributed by atoms with E-state index in [4.69, 9.17) is 0 Å². The molecule has 2 aromatic rings. The molecule has 0 saturated heterocycles. The number of anilines is 1.